The van der Waals surface area contributed by atoms with Crippen LogP contribution in [-0.2, 0) is 0 Å². The summed E-state index contributed by atoms with van der Waals surface area (Å²) in [6, 6.07) is 10.2. The Kier molecular flexibility index (Phi) is 3.35. The molecule has 3 rings (SSSR count). The van der Waals surface area contributed by atoms with Gasteiger partial charge in [0.15, 0.2) is 11.4 Å². The van der Waals surface area contributed by atoms with Crippen molar-refractivity contribution in [3.8, 4) is 0 Å². The van der Waals surface area contributed by atoms with Crippen LogP contribution in [0.15, 0.2) is 54.6 Å². The molecule has 4 nitrogen and oxygen atoms in total. The molecule has 0 bridgehead atoms. The minimum atomic E-state index is -0.533. The summed E-state index contributed by atoms with van der Waals surface area (Å²) < 4.78 is 6.55. The molecule has 20 heavy (non-hydrogen) atoms. The maximum atomic E-state index is 12.5. The second kappa shape index (κ2) is 5.03. The van der Waals surface area contributed by atoms with Crippen LogP contribution in [0.25, 0.3) is 11.1 Å². The normalized spacial score (nSPS) is 10.9. The molecule has 100 valence electrons. The zero-order valence-corrected chi connectivity index (χ0v) is 13.1. The molecule has 0 atom stereocenters. The van der Waals surface area contributed by atoms with Gasteiger partial charge in [0.2, 0.25) is 0 Å². The van der Waals surface area contributed by atoms with Crippen LogP contribution in [-0.4, -0.2) is 10.8 Å². The van der Waals surface area contributed by atoms with Gasteiger partial charge in [0.1, 0.15) is 0 Å². The Balaban J connectivity index is 2.09. The summed E-state index contributed by atoms with van der Waals surface area (Å²) in [6.45, 7) is 0. The van der Waals surface area contributed by atoms with Crippen molar-refractivity contribution >= 4 is 48.7 Å². The maximum absolute atomic E-state index is 12.5. The molecular formula is C14H7Br2NO3. The number of fused-ring (bicyclic) bond motifs is 1. The number of hydrogen-bond donors (Lipinski definition) is 1. The predicted octanol–water partition coefficient (Wildman–Crippen LogP) is 3.88. The molecular weight excluding hydrogens is 390 g/mol. The number of halogens is 2. The Morgan fingerprint density at radius 2 is 1.90 bits per heavy atom. The zero-order valence-electron chi connectivity index (χ0n) is 9.94. The molecule has 0 saturated carbocycles. The molecule has 2 aromatic carbocycles. The van der Waals surface area contributed by atoms with E-state index in [1.165, 1.54) is 0 Å². The zero-order chi connectivity index (χ0) is 14.3. The van der Waals surface area contributed by atoms with Gasteiger partial charge >= 0.3 is 5.76 Å². The van der Waals surface area contributed by atoms with Crippen molar-refractivity contribution in [3.63, 3.8) is 0 Å². The number of hydrogen-bond acceptors (Lipinski definition) is 3. The molecule has 0 radical (unpaired) electrons. The van der Waals surface area contributed by atoms with Crippen molar-refractivity contribution in [2.45, 2.75) is 0 Å². The predicted molar refractivity (Wildman–Crippen MR) is 82.1 cm³/mol. The summed E-state index contributed by atoms with van der Waals surface area (Å²) in [5, 5.41) is 0. The van der Waals surface area contributed by atoms with Gasteiger partial charge in [0, 0.05) is 20.1 Å². The Morgan fingerprint density at radius 1 is 1.10 bits per heavy atom. The summed E-state index contributed by atoms with van der Waals surface area (Å²) in [5.74, 6) is -0.676. The molecule has 0 saturated heterocycles. The summed E-state index contributed by atoms with van der Waals surface area (Å²) in [4.78, 5) is 26.1. The van der Waals surface area contributed by atoms with Gasteiger partial charge in [0.25, 0.3) is 0 Å². The van der Waals surface area contributed by atoms with Crippen LogP contribution >= 0.6 is 31.9 Å². The van der Waals surface area contributed by atoms with Crippen molar-refractivity contribution in [1.29, 1.82) is 0 Å². The third-order valence-electron chi connectivity index (χ3n) is 2.86. The molecule has 0 aliphatic rings. The lowest BCUT2D eigenvalue weighted by Gasteiger charge is -2.04. The van der Waals surface area contributed by atoms with Crippen LogP contribution < -0.4 is 5.76 Å². The maximum Gasteiger partial charge on any atom is 0.417 e. The van der Waals surface area contributed by atoms with E-state index in [-0.39, 0.29) is 5.78 Å². The number of aromatic nitrogens is 1. The van der Waals surface area contributed by atoms with Crippen molar-refractivity contribution in [2.24, 2.45) is 0 Å². The fourth-order valence-electron chi connectivity index (χ4n) is 1.92. The molecule has 0 spiro atoms. The van der Waals surface area contributed by atoms with E-state index in [0.29, 0.717) is 26.7 Å². The SMILES string of the molecule is O=C(c1ccc2[nH]c(=O)oc2c1)c1ccc(Br)cc1Br. The van der Waals surface area contributed by atoms with E-state index in [9.17, 15) is 9.59 Å². The first-order valence-corrected chi connectivity index (χ1v) is 7.26. The van der Waals surface area contributed by atoms with Gasteiger partial charge in [-0.2, -0.15) is 0 Å². The summed E-state index contributed by atoms with van der Waals surface area (Å²) in [7, 11) is 0. The Bertz CT molecular complexity index is 880. The van der Waals surface area contributed by atoms with E-state index in [1.54, 1.807) is 30.3 Å². The molecule has 0 fully saturated rings. The van der Waals surface area contributed by atoms with Gasteiger partial charge in [-0.05, 0) is 52.3 Å². The number of oxazole rings is 1. The third-order valence-corrected chi connectivity index (χ3v) is 4.01. The standard InChI is InChI=1S/C14H7Br2NO3/c15-8-2-3-9(10(16)6-8)13(18)7-1-4-11-12(5-7)20-14(19)17-11/h1-6H,(H,17,19). The summed E-state index contributed by atoms with van der Waals surface area (Å²) in [5.41, 5.74) is 1.95. The highest BCUT2D eigenvalue weighted by Crippen LogP contribution is 2.25. The Morgan fingerprint density at radius 3 is 2.65 bits per heavy atom. The lowest BCUT2D eigenvalue weighted by Crippen LogP contribution is -2.02. The highest BCUT2D eigenvalue weighted by molar-refractivity contribution is 9.11. The molecule has 0 aliphatic heterocycles. The Labute approximate surface area is 130 Å². The average Bonchev–Trinajstić information content (AvgIpc) is 2.77. The monoisotopic (exact) mass is 395 g/mol. The van der Waals surface area contributed by atoms with Gasteiger partial charge in [-0.25, -0.2) is 4.79 Å². The first-order valence-electron chi connectivity index (χ1n) is 5.67. The number of ketones is 1. The molecule has 0 amide bonds. The topological polar surface area (TPSA) is 63.1 Å². The van der Waals surface area contributed by atoms with Crippen LogP contribution in [0.3, 0.4) is 0 Å². The highest BCUT2D eigenvalue weighted by atomic mass is 79.9. The fourth-order valence-corrected chi connectivity index (χ4v) is 3.14. The molecule has 1 N–H and O–H groups in total. The highest BCUT2D eigenvalue weighted by Gasteiger charge is 2.14. The van der Waals surface area contributed by atoms with Crippen LogP contribution in [0.4, 0.5) is 0 Å². The summed E-state index contributed by atoms with van der Waals surface area (Å²) in [6.07, 6.45) is 0. The van der Waals surface area contributed by atoms with E-state index in [4.69, 9.17) is 4.42 Å². The van der Waals surface area contributed by atoms with Crippen molar-refractivity contribution in [2.75, 3.05) is 0 Å². The molecule has 0 aliphatic carbocycles. The molecule has 1 heterocycles. The largest absolute Gasteiger partial charge is 0.417 e. The van der Waals surface area contributed by atoms with Gasteiger partial charge in [0.05, 0.1) is 5.52 Å². The Hall–Kier alpha value is -1.66. The first kappa shape index (κ1) is 13.3. The van der Waals surface area contributed by atoms with E-state index in [0.717, 1.165) is 4.47 Å². The van der Waals surface area contributed by atoms with E-state index >= 15 is 0 Å². The average molecular weight is 397 g/mol. The van der Waals surface area contributed by atoms with Crippen LogP contribution in [0.5, 0.6) is 0 Å². The van der Waals surface area contributed by atoms with E-state index in [1.807, 2.05) is 6.07 Å². The van der Waals surface area contributed by atoms with Crippen molar-refractivity contribution in [1.82, 2.24) is 4.98 Å². The molecule has 1 aromatic heterocycles. The first-order chi connectivity index (χ1) is 9.54. The second-order valence-corrected chi connectivity index (χ2v) is 5.95. The van der Waals surface area contributed by atoms with Gasteiger partial charge in [-0.3, -0.25) is 9.78 Å². The summed E-state index contributed by atoms with van der Waals surface area (Å²) >= 11 is 6.71. The number of carbonyl (C=O) groups is 1. The smallest absolute Gasteiger partial charge is 0.408 e. The number of rotatable bonds is 2. The number of benzene rings is 2. The number of H-pyrrole nitrogens is 1. The minimum Gasteiger partial charge on any atom is -0.408 e. The minimum absolute atomic E-state index is 0.143. The number of nitrogens with one attached hydrogen (secondary N) is 1. The van der Waals surface area contributed by atoms with Gasteiger partial charge in [-0.15, -0.1) is 0 Å². The fraction of sp³-hybridized carbons (Fsp3) is 0. The van der Waals surface area contributed by atoms with Crippen LogP contribution in [0.1, 0.15) is 15.9 Å². The number of carbonyl (C=O) groups excluding carboxylic acids is 1. The van der Waals surface area contributed by atoms with E-state index < -0.39 is 5.76 Å². The lowest BCUT2D eigenvalue weighted by molar-refractivity contribution is 0.103. The van der Waals surface area contributed by atoms with Crippen LogP contribution in [0, 0.1) is 0 Å². The lowest BCUT2D eigenvalue weighted by atomic mass is 10.0. The van der Waals surface area contributed by atoms with Crippen molar-refractivity contribution < 1.29 is 9.21 Å². The molecule has 0 unspecified atom stereocenters. The third kappa shape index (κ3) is 2.36. The van der Waals surface area contributed by atoms with Gasteiger partial charge in [-0.1, -0.05) is 15.9 Å². The number of aromatic amines is 1. The van der Waals surface area contributed by atoms with Gasteiger partial charge < -0.3 is 4.42 Å². The quantitative estimate of drug-likeness (QED) is 0.668. The molecule has 6 heteroatoms. The van der Waals surface area contributed by atoms with Crippen molar-refractivity contribution in [3.05, 3.63) is 67.0 Å². The van der Waals surface area contributed by atoms with E-state index in [2.05, 4.69) is 36.8 Å². The second-order valence-electron chi connectivity index (χ2n) is 4.18. The molecule has 3 aromatic rings. The van der Waals surface area contributed by atoms with Crippen LogP contribution in [0.2, 0.25) is 0 Å².